The van der Waals surface area contributed by atoms with Crippen molar-refractivity contribution in [1.29, 1.82) is 0 Å². The SMILES string of the molecule is CNC(=O)C1CN(C(=O)c2nc(Cl)c(Cl)c(Cl)c2Cl)c2ccccc2O1. The number of anilines is 1. The van der Waals surface area contributed by atoms with Crippen molar-refractivity contribution in [2.45, 2.75) is 6.10 Å². The molecule has 1 atom stereocenters. The van der Waals surface area contributed by atoms with Gasteiger partial charge in [0.05, 0.1) is 27.3 Å². The topological polar surface area (TPSA) is 71.5 Å². The van der Waals surface area contributed by atoms with Crippen LogP contribution in [0, 0.1) is 0 Å². The van der Waals surface area contributed by atoms with Crippen molar-refractivity contribution in [3.8, 4) is 5.75 Å². The lowest BCUT2D eigenvalue weighted by Gasteiger charge is -2.34. The Balaban J connectivity index is 2.07. The quantitative estimate of drug-likeness (QED) is 0.728. The van der Waals surface area contributed by atoms with Crippen molar-refractivity contribution in [1.82, 2.24) is 10.3 Å². The first-order valence-electron chi connectivity index (χ1n) is 7.34. The Labute approximate surface area is 168 Å². The number of ether oxygens (including phenoxy) is 1. The van der Waals surface area contributed by atoms with Crippen molar-refractivity contribution in [3.63, 3.8) is 0 Å². The van der Waals surface area contributed by atoms with Gasteiger partial charge in [0.15, 0.2) is 11.8 Å². The van der Waals surface area contributed by atoms with Crippen LogP contribution in [0.15, 0.2) is 24.3 Å². The minimum Gasteiger partial charge on any atom is -0.477 e. The number of hydrogen-bond acceptors (Lipinski definition) is 4. The van der Waals surface area contributed by atoms with E-state index in [0.717, 1.165) is 0 Å². The number of para-hydroxylation sites is 2. The van der Waals surface area contributed by atoms with E-state index < -0.39 is 12.0 Å². The molecule has 136 valence electrons. The number of nitrogens with zero attached hydrogens (tertiary/aromatic N) is 2. The molecule has 0 aliphatic carbocycles. The van der Waals surface area contributed by atoms with Gasteiger partial charge in [0, 0.05) is 7.05 Å². The minimum atomic E-state index is -0.893. The van der Waals surface area contributed by atoms with E-state index >= 15 is 0 Å². The van der Waals surface area contributed by atoms with Crippen LogP contribution in [-0.4, -0.2) is 36.5 Å². The fourth-order valence-corrected chi connectivity index (χ4v) is 3.29. The van der Waals surface area contributed by atoms with E-state index in [9.17, 15) is 9.59 Å². The summed E-state index contributed by atoms with van der Waals surface area (Å²) in [4.78, 5) is 30.4. The highest BCUT2D eigenvalue weighted by molar-refractivity contribution is 6.52. The van der Waals surface area contributed by atoms with Crippen LogP contribution in [0.4, 0.5) is 5.69 Å². The van der Waals surface area contributed by atoms with Crippen molar-refractivity contribution >= 4 is 63.9 Å². The molecule has 0 spiro atoms. The molecule has 0 bridgehead atoms. The maximum Gasteiger partial charge on any atom is 0.278 e. The maximum absolute atomic E-state index is 13.1. The summed E-state index contributed by atoms with van der Waals surface area (Å²) in [6, 6.07) is 6.80. The lowest BCUT2D eigenvalue weighted by Crippen LogP contribution is -2.50. The number of pyridine rings is 1. The number of carbonyl (C=O) groups is 2. The van der Waals surface area contributed by atoms with Crippen molar-refractivity contribution in [2.24, 2.45) is 0 Å². The highest BCUT2D eigenvalue weighted by Gasteiger charge is 2.35. The van der Waals surface area contributed by atoms with E-state index in [-0.39, 0.29) is 38.4 Å². The van der Waals surface area contributed by atoms with Crippen LogP contribution in [0.1, 0.15) is 10.5 Å². The molecule has 2 heterocycles. The second-order valence-electron chi connectivity index (χ2n) is 5.30. The molecule has 2 amide bonds. The Morgan fingerprint density at radius 3 is 2.54 bits per heavy atom. The summed E-state index contributed by atoms with van der Waals surface area (Å²) in [6.45, 7) is -0.0363. The summed E-state index contributed by atoms with van der Waals surface area (Å²) >= 11 is 24.0. The van der Waals surface area contributed by atoms with Crippen LogP contribution in [0.25, 0.3) is 0 Å². The van der Waals surface area contributed by atoms with Gasteiger partial charge in [0.1, 0.15) is 10.9 Å². The molecule has 1 unspecified atom stereocenters. The van der Waals surface area contributed by atoms with E-state index in [4.69, 9.17) is 51.1 Å². The fourth-order valence-electron chi connectivity index (χ4n) is 2.48. The van der Waals surface area contributed by atoms with Crippen molar-refractivity contribution < 1.29 is 14.3 Å². The predicted molar refractivity (Wildman–Crippen MR) is 101 cm³/mol. The number of halogens is 4. The monoisotopic (exact) mass is 433 g/mol. The highest BCUT2D eigenvalue weighted by atomic mass is 35.5. The third kappa shape index (κ3) is 3.30. The summed E-state index contributed by atoms with van der Waals surface area (Å²) in [5.74, 6) is -0.577. The summed E-state index contributed by atoms with van der Waals surface area (Å²) in [5.41, 5.74) is 0.302. The molecule has 0 saturated heterocycles. The van der Waals surface area contributed by atoms with E-state index in [2.05, 4.69) is 10.3 Å². The molecule has 1 N–H and O–H groups in total. The van der Waals surface area contributed by atoms with Crippen molar-refractivity contribution in [3.05, 3.63) is 50.2 Å². The van der Waals surface area contributed by atoms with Gasteiger partial charge in [-0.05, 0) is 12.1 Å². The predicted octanol–water partition coefficient (Wildman–Crippen LogP) is 3.85. The lowest BCUT2D eigenvalue weighted by atomic mass is 10.1. The number of amides is 2. The zero-order valence-electron chi connectivity index (χ0n) is 13.2. The van der Waals surface area contributed by atoms with E-state index in [0.29, 0.717) is 11.4 Å². The number of likely N-dealkylation sites (N-methyl/N-ethyl adjacent to an activating group) is 1. The number of aromatic nitrogens is 1. The molecule has 2 aromatic rings. The largest absolute Gasteiger partial charge is 0.477 e. The van der Waals surface area contributed by atoms with E-state index in [1.54, 1.807) is 24.3 Å². The van der Waals surface area contributed by atoms with Crippen molar-refractivity contribution in [2.75, 3.05) is 18.5 Å². The second-order valence-corrected chi connectivity index (χ2v) is 6.79. The van der Waals surface area contributed by atoms with E-state index in [1.807, 2.05) is 0 Å². The molecule has 1 aromatic heterocycles. The second kappa shape index (κ2) is 7.48. The molecule has 3 rings (SSSR count). The summed E-state index contributed by atoms with van der Waals surface area (Å²) in [6.07, 6.45) is -0.893. The van der Waals surface area contributed by atoms with Crippen LogP contribution < -0.4 is 15.0 Å². The minimum absolute atomic E-state index is 0.0363. The number of rotatable bonds is 2. The molecule has 1 aliphatic rings. The van der Waals surface area contributed by atoms with Crippen LogP contribution in [0.2, 0.25) is 20.2 Å². The highest BCUT2D eigenvalue weighted by Crippen LogP contribution is 2.39. The molecule has 0 fully saturated rings. The zero-order chi connectivity index (χ0) is 19.0. The smallest absolute Gasteiger partial charge is 0.278 e. The Morgan fingerprint density at radius 2 is 1.85 bits per heavy atom. The van der Waals surface area contributed by atoms with Gasteiger partial charge in [-0.1, -0.05) is 58.5 Å². The average molecular weight is 435 g/mol. The third-order valence-corrected chi connectivity index (χ3v) is 5.42. The Bertz CT molecular complexity index is 907. The summed E-state index contributed by atoms with van der Waals surface area (Å²) in [7, 11) is 1.48. The first-order chi connectivity index (χ1) is 12.3. The molecule has 10 heteroatoms. The number of carbonyl (C=O) groups excluding carboxylic acids is 2. The maximum atomic E-state index is 13.1. The summed E-state index contributed by atoms with van der Waals surface area (Å²) < 4.78 is 5.67. The van der Waals surface area contributed by atoms with Gasteiger partial charge in [-0.15, -0.1) is 0 Å². The molecule has 6 nitrogen and oxygen atoms in total. The van der Waals surface area contributed by atoms with Crippen LogP contribution >= 0.6 is 46.4 Å². The van der Waals surface area contributed by atoms with Gasteiger partial charge in [-0.3, -0.25) is 14.5 Å². The molecule has 1 aromatic carbocycles. The Morgan fingerprint density at radius 1 is 1.15 bits per heavy atom. The number of hydrogen-bond donors (Lipinski definition) is 1. The van der Waals surface area contributed by atoms with Gasteiger partial charge >= 0.3 is 0 Å². The molecule has 26 heavy (non-hydrogen) atoms. The normalized spacial score (nSPS) is 15.9. The van der Waals surface area contributed by atoms with Gasteiger partial charge in [0.2, 0.25) is 0 Å². The molecular weight excluding hydrogens is 424 g/mol. The number of benzene rings is 1. The average Bonchev–Trinajstić information content (AvgIpc) is 2.67. The van der Waals surface area contributed by atoms with Crippen LogP contribution in [-0.2, 0) is 4.79 Å². The van der Waals surface area contributed by atoms with Gasteiger partial charge in [-0.2, -0.15) is 0 Å². The van der Waals surface area contributed by atoms with Crippen LogP contribution in [0.5, 0.6) is 5.75 Å². The molecule has 0 saturated carbocycles. The standard InChI is InChI=1S/C16H11Cl4N3O3/c1-21-15(24)9-6-23(7-4-2-3-5-8(7)26-9)16(25)13-11(18)10(17)12(19)14(20)22-13/h2-5,9H,6H2,1H3,(H,21,24). The summed E-state index contributed by atoms with van der Waals surface area (Å²) in [5, 5.41) is 2.13. The van der Waals surface area contributed by atoms with Gasteiger partial charge in [-0.25, -0.2) is 4.98 Å². The van der Waals surface area contributed by atoms with Crippen LogP contribution in [0.3, 0.4) is 0 Å². The Hall–Kier alpha value is -1.73. The first kappa shape index (κ1) is 19.0. The van der Waals surface area contributed by atoms with Gasteiger partial charge in [0.25, 0.3) is 11.8 Å². The number of fused-ring (bicyclic) bond motifs is 1. The lowest BCUT2D eigenvalue weighted by molar-refractivity contribution is -0.127. The molecule has 1 aliphatic heterocycles. The fraction of sp³-hybridized carbons (Fsp3) is 0.188. The molecule has 0 radical (unpaired) electrons. The molecular formula is C16H11Cl4N3O3. The van der Waals surface area contributed by atoms with Gasteiger partial charge < -0.3 is 10.1 Å². The number of nitrogens with one attached hydrogen (secondary N) is 1. The first-order valence-corrected chi connectivity index (χ1v) is 8.85. The van der Waals surface area contributed by atoms with E-state index in [1.165, 1.54) is 11.9 Å². The zero-order valence-corrected chi connectivity index (χ0v) is 16.2. The Kier molecular flexibility index (Phi) is 5.48. The third-order valence-electron chi connectivity index (χ3n) is 3.74.